The second-order valence-corrected chi connectivity index (χ2v) is 1.30. The van der Waals surface area contributed by atoms with E-state index in [4.69, 9.17) is 10.8 Å². The van der Waals surface area contributed by atoms with Crippen LogP contribution in [0.3, 0.4) is 0 Å². The number of rotatable bonds is 0. The van der Waals surface area contributed by atoms with Gasteiger partial charge < -0.3 is 10.8 Å². The maximum Gasteiger partial charge on any atom is 0.220 e. The summed E-state index contributed by atoms with van der Waals surface area (Å²) >= 11 is 0. The minimum Gasteiger partial charge on any atom is -0.505 e. The molecule has 0 atom stereocenters. The molecule has 0 fully saturated rings. The molecular weight excluding hydrogens is 177 g/mol. The van der Waals surface area contributed by atoms with Crippen LogP contribution in [0.25, 0.3) is 0 Å². The van der Waals surface area contributed by atoms with E-state index in [0.717, 1.165) is 0 Å². The van der Waals surface area contributed by atoms with Gasteiger partial charge in [0, 0.05) is 0 Å². The van der Waals surface area contributed by atoms with Gasteiger partial charge in [0.15, 0.2) is 5.75 Å². The summed E-state index contributed by atoms with van der Waals surface area (Å²) < 4.78 is 0. The van der Waals surface area contributed by atoms with Gasteiger partial charge in [-0.25, -0.2) is 9.97 Å². The molecule has 1 heterocycles. The highest BCUT2D eigenvalue weighted by molar-refractivity contribution is 5.85. The van der Waals surface area contributed by atoms with Gasteiger partial charge in [0.1, 0.15) is 0 Å². The Balaban J connectivity index is 0. The normalized spacial score (nSPS) is 7.20. The molecule has 6 heteroatoms. The van der Waals surface area contributed by atoms with Crippen molar-refractivity contribution in [3.05, 3.63) is 12.4 Å². The van der Waals surface area contributed by atoms with Gasteiger partial charge in [-0.2, -0.15) is 0 Å². The Morgan fingerprint density at radius 1 is 1.20 bits per heavy atom. The zero-order valence-electron chi connectivity index (χ0n) is 4.89. The summed E-state index contributed by atoms with van der Waals surface area (Å²) in [5, 5.41) is 8.58. The lowest BCUT2D eigenvalue weighted by atomic mass is 10.6. The van der Waals surface area contributed by atoms with Crippen LogP contribution in [0.1, 0.15) is 0 Å². The van der Waals surface area contributed by atoms with Crippen LogP contribution in [0.4, 0.5) is 5.95 Å². The van der Waals surface area contributed by atoms with E-state index >= 15 is 0 Å². The number of halogens is 2. The zero-order valence-corrected chi connectivity index (χ0v) is 6.52. The fourth-order valence-electron chi connectivity index (χ4n) is 0.331. The second-order valence-electron chi connectivity index (χ2n) is 1.30. The molecule has 10 heavy (non-hydrogen) atoms. The molecule has 0 aliphatic heterocycles. The number of nitrogen functional groups attached to an aromatic ring is 1. The lowest BCUT2D eigenvalue weighted by Crippen LogP contribution is -1.91. The molecular formula is C4H7Cl2N3O. The second kappa shape index (κ2) is 5.08. The van der Waals surface area contributed by atoms with E-state index in [9.17, 15) is 0 Å². The Hall–Kier alpha value is -0.740. The van der Waals surface area contributed by atoms with Crippen LogP contribution in [0.2, 0.25) is 0 Å². The molecule has 1 rings (SSSR count). The fourth-order valence-corrected chi connectivity index (χ4v) is 0.331. The highest BCUT2D eigenvalue weighted by atomic mass is 35.5. The van der Waals surface area contributed by atoms with E-state index in [0.29, 0.717) is 0 Å². The number of nitrogens with zero attached hydrogens (tertiary/aromatic N) is 2. The van der Waals surface area contributed by atoms with Crippen LogP contribution in [-0.4, -0.2) is 15.1 Å². The summed E-state index contributed by atoms with van der Waals surface area (Å²) in [5.74, 6) is 0.196. The lowest BCUT2D eigenvalue weighted by molar-refractivity contribution is 0.470. The summed E-state index contributed by atoms with van der Waals surface area (Å²) in [5.41, 5.74) is 5.09. The molecule has 0 amide bonds. The van der Waals surface area contributed by atoms with Crippen molar-refractivity contribution in [3.8, 4) is 5.75 Å². The fraction of sp³-hybridized carbons (Fsp3) is 0. The highest BCUT2D eigenvalue weighted by Gasteiger charge is 1.85. The summed E-state index contributed by atoms with van der Waals surface area (Å²) in [7, 11) is 0. The first-order chi connectivity index (χ1) is 3.79. The molecule has 58 valence electrons. The molecule has 1 aromatic rings. The number of hydrogen-bond donors (Lipinski definition) is 2. The number of hydrogen-bond acceptors (Lipinski definition) is 4. The van der Waals surface area contributed by atoms with Crippen molar-refractivity contribution in [2.24, 2.45) is 0 Å². The summed E-state index contributed by atoms with van der Waals surface area (Å²) in [6, 6.07) is 0. The van der Waals surface area contributed by atoms with Gasteiger partial charge >= 0.3 is 0 Å². The van der Waals surface area contributed by atoms with Crippen molar-refractivity contribution in [3.63, 3.8) is 0 Å². The van der Waals surface area contributed by atoms with Gasteiger partial charge in [-0.1, -0.05) is 0 Å². The quantitative estimate of drug-likeness (QED) is 0.619. The third-order valence-electron chi connectivity index (χ3n) is 0.658. The summed E-state index contributed by atoms with van der Waals surface area (Å²) in [6.07, 6.45) is 2.48. The maximum absolute atomic E-state index is 8.58. The maximum atomic E-state index is 8.58. The Kier molecular flexibility index (Phi) is 6.09. The van der Waals surface area contributed by atoms with E-state index in [2.05, 4.69) is 9.97 Å². The molecule has 0 radical (unpaired) electrons. The number of nitrogens with two attached hydrogens (primary N) is 1. The lowest BCUT2D eigenvalue weighted by Gasteiger charge is -1.87. The van der Waals surface area contributed by atoms with Crippen molar-refractivity contribution >= 4 is 30.8 Å². The molecule has 0 aliphatic rings. The van der Waals surface area contributed by atoms with E-state index in [1.807, 2.05) is 0 Å². The van der Waals surface area contributed by atoms with Crippen LogP contribution >= 0.6 is 24.8 Å². The highest BCUT2D eigenvalue weighted by Crippen LogP contribution is 2.01. The molecule has 0 aliphatic carbocycles. The molecule has 3 N–H and O–H groups in total. The van der Waals surface area contributed by atoms with Gasteiger partial charge in [-0.15, -0.1) is 24.8 Å². The van der Waals surface area contributed by atoms with Crippen molar-refractivity contribution < 1.29 is 5.11 Å². The van der Waals surface area contributed by atoms with Crippen molar-refractivity contribution in [1.29, 1.82) is 0 Å². The molecule has 0 bridgehead atoms. The molecule has 4 nitrogen and oxygen atoms in total. The monoisotopic (exact) mass is 183 g/mol. The summed E-state index contributed by atoms with van der Waals surface area (Å²) in [6.45, 7) is 0. The van der Waals surface area contributed by atoms with E-state index in [1.165, 1.54) is 12.4 Å². The van der Waals surface area contributed by atoms with Gasteiger partial charge in [-0.3, -0.25) is 0 Å². The third kappa shape index (κ3) is 3.32. The number of aromatic nitrogens is 2. The van der Waals surface area contributed by atoms with Crippen molar-refractivity contribution in [2.75, 3.05) is 5.73 Å². The van der Waals surface area contributed by atoms with Gasteiger partial charge in [-0.05, 0) is 0 Å². The van der Waals surface area contributed by atoms with Crippen LogP contribution in [0, 0.1) is 0 Å². The van der Waals surface area contributed by atoms with Gasteiger partial charge in [0.2, 0.25) is 5.95 Å². The van der Waals surface area contributed by atoms with Gasteiger partial charge in [0.25, 0.3) is 0 Å². The smallest absolute Gasteiger partial charge is 0.220 e. The Morgan fingerprint density at radius 2 is 1.60 bits per heavy atom. The van der Waals surface area contributed by atoms with E-state index < -0.39 is 0 Å². The molecule has 0 unspecified atom stereocenters. The van der Waals surface area contributed by atoms with Crippen LogP contribution in [-0.2, 0) is 0 Å². The third-order valence-corrected chi connectivity index (χ3v) is 0.658. The number of aromatic hydroxyl groups is 1. The van der Waals surface area contributed by atoms with E-state index in [1.54, 1.807) is 0 Å². The topological polar surface area (TPSA) is 72.0 Å². The first kappa shape index (κ1) is 12.0. The summed E-state index contributed by atoms with van der Waals surface area (Å²) in [4.78, 5) is 6.99. The minimum atomic E-state index is 0. The average molecular weight is 184 g/mol. The first-order valence-electron chi connectivity index (χ1n) is 2.05. The first-order valence-corrected chi connectivity index (χ1v) is 2.05. The zero-order chi connectivity index (χ0) is 5.98. The molecule has 0 saturated carbocycles. The van der Waals surface area contributed by atoms with Crippen LogP contribution < -0.4 is 5.73 Å². The van der Waals surface area contributed by atoms with Crippen LogP contribution in [0.15, 0.2) is 12.4 Å². The average Bonchev–Trinajstić information content (AvgIpc) is 1.77. The molecule has 0 saturated heterocycles. The van der Waals surface area contributed by atoms with Crippen molar-refractivity contribution in [1.82, 2.24) is 9.97 Å². The van der Waals surface area contributed by atoms with Gasteiger partial charge in [0.05, 0.1) is 12.4 Å². The minimum absolute atomic E-state index is 0. The Morgan fingerprint density at radius 3 is 1.90 bits per heavy atom. The van der Waals surface area contributed by atoms with Crippen molar-refractivity contribution in [2.45, 2.75) is 0 Å². The SMILES string of the molecule is Cl.Cl.Nc1ncc(O)cn1. The molecule has 0 aromatic carbocycles. The largest absolute Gasteiger partial charge is 0.505 e. The standard InChI is InChI=1S/C4H5N3O.2ClH/c5-4-6-1-3(8)2-7-4;;/h1-2,8H,(H2,5,6,7);2*1H. The number of anilines is 1. The Bertz CT molecular complexity index is 157. The molecule has 1 aromatic heterocycles. The Labute approximate surface area is 70.3 Å². The molecule has 0 spiro atoms. The van der Waals surface area contributed by atoms with E-state index in [-0.39, 0.29) is 36.5 Å². The predicted molar refractivity (Wildman–Crippen MR) is 42.6 cm³/mol. The predicted octanol–water partition coefficient (Wildman–Crippen LogP) is 0.608. The van der Waals surface area contributed by atoms with Crippen LogP contribution in [0.5, 0.6) is 5.75 Å².